The molecule has 0 saturated carbocycles. The topological polar surface area (TPSA) is 80.5 Å². The Morgan fingerprint density at radius 3 is 2.53 bits per heavy atom. The van der Waals surface area contributed by atoms with E-state index in [1.165, 1.54) is 5.56 Å². The zero-order chi connectivity index (χ0) is 20.9. The van der Waals surface area contributed by atoms with Gasteiger partial charge in [-0.2, -0.15) is 5.26 Å². The molecule has 148 valence electrons. The van der Waals surface area contributed by atoms with Gasteiger partial charge in [-0.1, -0.05) is 42.0 Å². The average molecular weight is 393 g/mol. The Balaban J connectivity index is 1.65. The van der Waals surface area contributed by atoms with Gasteiger partial charge in [0.15, 0.2) is 0 Å². The molecule has 0 aliphatic heterocycles. The highest BCUT2D eigenvalue weighted by molar-refractivity contribution is 5.65. The SMILES string of the molecule is Cc1ccc(-c2cn(Cc3cc(C#N)ccc3-c3ccc(CCN)cn3)cn2)cc1. The molecule has 4 rings (SSSR count). The molecule has 0 atom stereocenters. The number of hydrogen-bond donors (Lipinski definition) is 1. The van der Waals surface area contributed by atoms with Crippen LogP contribution in [-0.2, 0) is 13.0 Å². The number of aryl methyl sites for hydroxylation is 1. The molecule has 0 radical (unpaired) electrons. The van der Waals surface area contributed by atoms with Crippen LogP contribution in [0.5, 0.6) is 0 Å². The summed E-state index contributed by atoms with van der Waals surface area (Å²) in [6.45, 7) is 3.28. The van der Waals surface area contributed by atoms with E-state index in [1.807, 2.05) is 47.6 Å². The molecular formula is C25H23N5. The Morgan fingerprint density at radius 1 is 1.00 bits per heavy atom. The van der Waals surface area contributed by atoms with Crippen LogP contribution in [0.1, 0.15) is 22.3 Å². The lowest BCUT2D eigenvalue weighted by molar-refractivity contribution is 0.798. The zero-order valence-electron chi connectivity index (χ0n) is 16.9. The maximum atomic E-state index is 9.36. The fourth-order valence-corrected chi connectivity index (χ4v) is 3.46. The summed E-state index contributed by atoms with van der Waals surface area (Å²) in [5.74, 6) is 0. The van der Waals surface area contributed by atoms with E-state index in [4.69, 9.17) is 5.73 Å². The monoisotopic (exact) mass is 393 g/mol. The van der Waals surface area contributed by atoms with Gasteiger partial charge in [-0.15, -0.1) is 0 Å². The Bertz CT molecular complexity index is 1180. The first-order chi connectivity index (χ1) is 14.7. The average Bonchev–Trinajstić information content (AvgIpc) is 3.23. The molecule has 2 N–H and O–H groups in total. The predicted octanol–water partition coefficient (Wildman–Crippen LogP) is 4.34. The first-order valence-corrected chi connectivity index (χ1v) is 9.93. The van der Waals surface area contributed by atoms with Crippen LogP contribution >= 0.6 is 0 Å². The van der Waals surface area contributed by atoms with E-state index >= 15 is 0 Å². The molecule has 5 nitrogen and oxygen atoms in total. The van der Waals surface area contributed by atoms with Crippen molar-refractivity contribution in [1.29, 1.82) is 5.26 Å². The minimum absolute atomic E-state index is 0.604. The maximum Gasteiger partial charge on any atom is 0.0991 e. The van der Waals surface area contributed by atoms with Crippen LogP contribution in [-0.4, -0.2) is 21.1 Å². The summed E-state index contributed by atoms with van der Waals surface area (Å²) in [6.07, 6.45) is 6.54. The van der Waals surface area contributed by atoms with E-state index in [-0.39, 0.29) is 0 Å². The smallest absolute Gasteiger partial charge is 0.0991 e. The third-order valence-electron chi connectivity index (χ3n) is 5.10. The number of aromatic nitrogens is 3. The van der Waals surface area contributed by atoms with E-state index < -0.39 is 0 Å². The van der Waals surface area contributed by atoms with Gasteiger partial charge in [0.25, 0.3) is 0 Å². The molecule has 0 spiro atoms. The molecule has 5 heteroatoms. The van der Waals surface area contributed by atoms with Crippen molar-refractivity contribution >= 4 is 0 Å². The van der Waals surface area contributed by atoms with Crippen molar-refractivity contribution in [1.82, 2.24) is 14.5 Å². The van der Waals surface area contributed by atoms with Gasteiger partial charge in [-0.25, -0.2) is 4.98 Å². The summed E-state index contributed by atoms with van der Waals surface area (Å²) in [4.78, 5) is 9.18. The summed E-state index contributed by atoms with van der Waals surface area (Å²) >= 11 is 0. The second-order valence-corrected chi connectivity index (χ2v) is 7.37. The van der Waals surface area contributed by atoms with Crippen molar-refractivity contribution in [3.05, 3.63) is 95.6 Å². The van der Waals surface area contributed by atoms with Gasteiger partial charge in [0.2, 0.25) is 0 Å². The van der Waals surface area contributed by atoms with E-state index in [9.17, 15) is 5.26 Å². The minimum atomic E-state index is 0.604. The van der Waals surface area contributed by atoms with E-state index in [0.717, 1.165) is 40.1 Å². The van der Waals surface area contributed by atoms with Crippen LogP contribution in [0.15, 0.2) is 73.3 Å². The van der Waals surface area contributed by atoms with Crippen molar-refractivity contribution in [2.24, 2.45) is 5.73 Å². The first kappa shape index (κ1) is 19.6. The second kappa shape index (κ2) is 8.73. The summed E-state index contributed by atoms with van der Waals surface area (Å²) in [5, 5.41) is 9.36. The molecule has 0 aliphatic rings. The fraction of sp³-hybridized carbons (Fsp3) is 0.160. The fourth-order valence-electron chi connectivity index (χ4n) is 3.46. The standard InChI is InChI=1S/C25H23N5/c1-18-2-6-21(7-3-18)25-16-30(17-29-25)15-22-12-20(13-27)4-8-23(22)24-9-5-19(10-11-26)14-28-24/h2-9,12,14,16-17H,10-11,15,26H2,1H3. The highest BCUT2D eigenvalue weighted by atomic mass is 15.0. The van der Waals surface area contributed by atoms with E-state index in [0.29, 0.717) is 18.7 Å². The Hall–Kier alpha value is -3.75. The number of nitriles is 1. The van der Waals surface area contributed by atoms with Gasteiger partial charge >= 0.3 is 0 Å². The number of hydrogen-bond acceptors (Lipinski definition) is 4. The van der Waals surface area contributed by atoms with Crippen LogP contribution in [0.3, 0.4) is 0 Å². The molecule has 2 aromatic heterocycles. The van der Waals surface area contributed by atoms with Crippen LogP contribution in [0.2, 0.25) is 0 Å². The third-order valence-corrected chi connectivity index (χ3v) is 5.10. The second-order valence-electron chi connectivity index (χ2n) is 7.37. The molecule has 30 heavy (non-hydrogen) atoms. The first-order valence-electron chi connectivity index (χ1n) is 9.93. The quantitative estimate of drug-likeness (QED) is 0.528. The van der Waals surface area contributed by atoms with Crippen LogP contribution in [0.25, 0.3) is 22.5 Å². The molecule has 0 fully saturated rings. The molecule has 0 saturated heterocycles. The van der Waals surface area contributed by atoms with Crippen molar-refractivity contribution in [2.45, 2.75) is 19.9 Å². The molecule has 0 bridgehead atoms. The van der Waals surface area contributed by atoms with Gasteiger partial charge < -0.3 is 10.3 Å². The zero-order valence-corrected chi connectivity index (χ0v) is 16.9. The van der Waals surface area contributed by atoms with Crippen molar-refractivity contribution in [3.8, 4) is 28.6 Å². The van der Waals surface area contributed by atoms with E-state index in [2.05, 4.69) is 53.3 Å². The van der Waals surface area contributed by atoms with Gasteiger partial charge in [-0.05, 0) is 49.2 Å². The number of nitrogens with two attached hydrogens (primary N) is 1. The summed E-state index contributed by atoms with van der Waals surface area (Å²) < 4.78 is 2.04. The maximum absolute atomic E-state index is 9.36. The molecule has 0 unspecified atom stereocenters. The number of benzene rings is 2. The minimum Gasteiger partial charge on any atom is -0.332 e. The van der Waals surface area contributed by atoms with Crippen molar-refractivity contribution in [2.75, 3.05) is 6.54 Å². The van der Waals surface area contributed by atoms with Crippen LogP contribution in [0.4, 0.5) is 0 Å². The lowest BCUT2D eigenvalue weighted by atomic mass is 10.0. The lowest BCUT2D eigenvalue weighted by Gasteiger charge is -2.11. The summed E-state index contributed by atoms with van der Waals surface area (Å²) in [6, 6.07) is 20.4. The lowest BCUT2D eigenvalue weighted by Crippen LogP contribution is -2.03. The number of pyridine rings is 1. The number of nitrogens with zero attached hydrogens (tertiary/aromatic N) is 4. The summed E-state index contributed by atoms with van der Waals surface area (Å²) in [5.41, 5.74) is 13.5. The highest BCUT2D eigenvalue weighted by Crippen LogP contribution is 2.25. The van der Waals surface area contributed by atoms with E-state index in [1.54, 1.807) is 0 Å². The van der Waals surface area contributed by atoms with Crippen molar-refractivity contribution < 1.29 is 0 Å². The van der Waals surface area contributed by atoms with Crippen LogP contribution < -0.4 is 5.73 Å². The number of imidazole rings is 1. The highest BCUT2D eigenvalue weighted by Gasteiger charge is 2.10. The Kier molecular flexibility index (Phi) is 5.69. The molecule has 2 heterocycles. The largest absolute Gasteiger partial charge is 0.332 e. The predicted molar refractivity (Wildman–Crippen MR) is 119 cm³/mol. The molecule has 4 aromatic rings. The molecule has 0 aliphatic carbocycles. The van der Waals surface area contributed by atoms with Crippen LogP contribution in [0, 0.1) is 18.3 Å². The summed E-state index contributed by atoms with van der Waals surface area (Å²) in [7, 11) is 0. The number of rotatable bonds is 6. The third kappa shape index (κ3) is 4.29. The Morgan fingerprint density at radius 2 is 1.83 bits per heavy atom. The molecule has 2 aromatic carbocycles. The normalized spacial score (nSPS) is 10.7. The Labute approximate surface area is 176 Å². The van der Waals surface area contributed by atoms with Gasteiger partial charge in [0, 0.05) is 30.1 Å². The molecule has 0 amide bonds. The van der Waals surface area contributed by atoms with Crippen molar-refractivity contribution in [3.63, 3.8) is 0 Å². The van der Waals surface area contributed by atoms with Gasteiger partial charge in [-0.3, -0.25) is 4.98 Å². The van der Waals surface area contributed by atoms with Gasteiger partial charge in [0.05, 0.1) is 29.3 Å². The van der Waals surface area contributed by atoms with Gasteiger partial charge in [0.1, 0.15) is 0 Å². The molecular weight excluding hydrogens is 370 g/mol.